The van der Waals surface area contributed by atoms with Gasteiger partial charge < -0.3 is 20.5 Å². The summed E-state index contributed by atoms with van der Waals surface area (Å²) in [5.41, 5.74) is 2.40. The highest BCUT2D eigenvalue weighted by molar-refractivity contribution is 5.93. The predicted octanol–water partition coefficient (Wildman–Crippen LogP) is 2.26. The summed E-state index contributed by atoms with van der Waals surface area (Å²) >= 11 is 0. The number of ether oxygens (including phenoxy) is 1. The largest absolute Gasteiger partial charge is 0.480 e. The van der Waals surface area contributed by atoms with Crippen molar-refractivity contribution >= 4 is 17.7 Å². The normalized spacial score (nSPS) is 16.8. The number of nitrogens with one attached hydrogen (secondary N) is 2. The molecular weight excluding hydrogens is 422 g/mol. The van der Waals surface area contributed by atoms with Crippen molar-refractivity contribution in [2.75, 3.05) is 25.1 Å². The van der Waals surface area contributed by atoms with Crippen LogP contribution in [0.3, 0.4) is 0 Å². The van der Waals surface area contributed by atoms with Crippen molar-refractivity contribution < 1.29 is 19.4 Å². The number of aryl methyl sites for hydroxylation is 2. The van der Waals surface area contributed by atoms with Gasteiger partial charge in [0.15, 0.2) is 0 Å². The van der Waals surface area contributed by atoms with Crippen LogP contribution < -0.4 is 10.6 Å². The van der Waals surface area contributed by atoms with Crippen LogP contribution >= 0.6 is 0 Å². The fourth-order valence-corrected chi connectivity index (χ4v) is 4.19. The van der Waals surface area contributed by atoms with E-state index >= 15 is 0 Å². The summed E-state index contributed by atoms with van der Waals surface area (Å²) in [6, 6.07) is 3.28. The van der Waals surface area contributed by atoms with Gasteiger partial charge in [0, 0.05) is 49.8 Å². The molecule has 0 spiro atoms. The van der Waals surface area contributed by atoms with Gasteiger partial charge >= 0.3 is 5.97 Å². The Balaban J connectivity index is 1.15. The van der Waals surface area contributed by atoms with Crippen LogP contribution in [0.1, 0.15) is 55.3 Å². The molecule has 2 aromatic rings. The first kappa shape index (κ1) is 23.1. The number of carbonyl (C=O) groups excluding carboxylic acids is 1. The number of aromatic nitrogens is 3. The third-order valence-corrected chi connectivity index (χ3v) is 6.38. The van der Waals surface area contributed by atoms with Crippen molar-refractivity contribution in [3.05, 3.63) is 47.7 Å². The number of hydrogen-bond donors (Lipinski definition) is 3. The summed E-state index contributed by atoms with van der Waals surface area (Å²) in [6.45, 7) is 1.81. The molecule has 0 bridgehead atoms. The minimum atomic E-state index is -1.06. The van der Waals surface area contributed by atoms with Gasteiger partial charge in [0.2, 0.25) is 5.91 Å². The first-order valence-corrected chi connectivity index (χ1v) is 11.7. The number of anilines is 1. The third-order valence-electron chi connectivity index (χ3n) is 6.38. The van der Waals surface area contributed by atoms with E-state index in [1.165, 1.54) is 11.9 Å². The van der Waals surface area contributed by atoms with E-state index in [1.54, 1.807) is 12.4 Å². The Hall–Kier alpha value is -3.07. The highest BCUT2D eigenvalue weighted by Gasteiger charge is 2.52. The number of carbonyl (C=O) groups is 2. The zero-order chi connectivity index (χ0) is 23.1. The lowest BCUT2D eigenvalue weighted by atomic mass is 9.97. The van der Waals surface area contributed by atoms with E-state index in [4.69, 9.17) is 9.72 Å². The molecule has 0 radical (unpaired) electrons. The SMILES string of the molecule is O=C(O)C(CCOCCCCc1ccc2c(n1)NCCC2)NC(=O)C1(c2cncnc2)CC1. The maximum Gasteiger partial charge on any atom is 0.326 e. The molecule has 9 nitrogen and oxygen atoms in total. The lowest BCUT2D eigenvalue weighted by molar-refractivity contribution is -0.142. The lowest BCUT2D eigenvalue weighted by Crippen LogP contribution is -2.46. The van der Waals surface area contributed by atoms with E-state index in [9.17, 15) is 14.7 Å². The number of nitrogens with zero attached hydrogens (tertiary/aromatic N) is 3. The molecule has 0 saturated heterocycles. The first-order chi connectivity index (χ1) is 16.1. The van der Waals surface area contributed by atoms with Gasteiger partial charge in [0.25, 0.3) is 0 Å². The van der Waals surface area contributed by atoms with Crippen molar-refractivity contribution in [3.63, 3.8) is 0 Å². The highest BCUT2D eigenvalue weighted by atomic mass is 16.5. The molecule has 1 amide bonds. The molecule has 3 N–H and O–H groups in total. The number of pyridine rings is 1. The molecule has 9 heteroatoms. The van der Waals surface area contributed by atoms with Crippen LogP contribution in [0.4, 0.5) is 5.82 Å². The van der Waals surface area contributed by atoms with Gasteiger partial charge in [-0.2, -0.15) is 0 Å². The van der Waals surface area contributed by atoms with Crippen molar-refractivity contribution in [1.29, 1.82) is 0 Å². The second-order valence-electron chi connectivity index (χ2n) is 8.77. The second kappa shape index (κ2) is 10.7. The fourth-order valence-electron chi connectivity index (χ4n) is 4.19. The van der Waals surface area contributed by atoms with Gasteiger partial charge in [-0.05, 0) is 56.6 Å². The molecule has 1 unspecified atom stereocenters. The summed E-state index contributed by atoms with van der Waals surface area (Å²) in [6.07, 6.45) is 11.2. The van der Waals surface area contributed by atoms with Crippen LogP contribution in [0.5, 0.6) is 0 Å². The zero-order valence-electron chi connectivity index (χ0n) is 18.8. The molecule has 1 fully saturated rings. The van der Waals surface area contributed by atoms with Gasteiger partial charge in [-0.25, -0.2) is 19.7 Å². The van der Waals surface area contributed by atoms with Gasteiger partial charge in [-0.1, -0.05) is 6.07 Å². The van der Waals surface area contributed by atoms with E-state index in [-0.39, 0.29) is 18.9 Å². The lowest BCUT2D eigenvalue weighted by Gasteiger charge is -2.19. The minimum absolute atomic E-state index is 0.223. The molecule has 1 aliphatic heterocycles. The molecule has 1 atom stereocenters. The Bertz CT molecular complexity index is 965. The van der Waals surface area contributed by atoms with Gasteiger partial charge in [-0.15, -0.1) is 0 Å². The standard InChI is InChI=1S/C24H31N5O4/c30-22(31)20(29-23(32)24(9-10-24)18-14-25-16-26-15-18)8-13-33-12-2-1-5-19-7-6-17-4-3-11-27-21(17)28-19/h6-7,14-16,20H,1-5,8-13H2,(H,27,28)(H,29,32)(H,30,31). The van der Waals surface area contributed by atoms with Crippen LogP contribution in [0.25, 0.3) is 0 Å². The van der Waals surface area contributed by atoms with E-state index in [0.29, 0.717) is 19.4 Å². The molecule has 1 saturated carbocycles. The maximum absolute atomic E-state index is 12.8. The molecule has 176 valence electrons. The Kier molecular flexibility index (Phi) is 7.49. The van der Waals surface area contributed by atoms with Crippen molar-refractivity contribution in [2.45, 2.75) is 62.8 Å². The van der Waals surface area contributed by atoms with E-state index in [1.807, 2.05) is 0 Å². The number of amides is 1. The number of unbranched alkanes of at least 4 members (excludes halogenated alkanes) is 1. The molecule has 4 rings (SSSR count). The quantitative estimate of drug-likeness (QED) is 0.418. The molecule has 2 aromatic heterocycles. The van der Waals surface area contributed by atoms with Crippen molar-refractivity contribution in [3.8, 4) is 0 Å². The molecule has 3 heterocycles. The highest BCUT2D eigenvalue weighted by Crippen LogP contribution is 2.48. The Morgan fingerprint density at radius 3 is 2.76 bits per heavy atom. The van der Waals surface area contributed by atoms with Gasteiger partial charge in [0.05, 0.1) is 5.41 Å². The third kappa shape index (κ3) is 5.84. The smallest absolute Gasteiger partial charge is 0.326 e. The van der Waals surface area contributed by atoms with Crippen molar-refractivity contribution in [1.82, 2.24) is 20.3 Å². The van der Waals surface area contributed by atoms with E-state index < -0.39 is 17.4 Å². The summed E-state index contributed by atoms with van der Waals surface area (Å²) in [5, 5.41) is 15.6. The van der Waals surface area contributed by atoms with Crippen molar-refractivity contribution in [2.24, 2.45) is 0 Å². The van der Waals surface area contributed by atoms with Gasteiger partial charge in [-0.3, -0.25) is 4.79 Å². The number of aliphatic carboxylic acids is 1. The van der Waals surface area contributed by atoms with Crippen LogP contribution in [-0.4, -0.2) is 57.7 Å². The van der Waals surface area contributed by atoms with Gasteiger partial charge in [0.1, 0.15) is 18.2 Å². The average Bonchev–Trinajstić information content (AvgIpc) is 3.65. The van der Waals surface area contributed by atoms with Crippen LogP contribution in [0, 0.1) is 0 Å². The zero-order valence-corrected chi connectivity index (χ0v) is 18.8. The van der Waals surface area contributed by atoms with Crippen LogP contribution in [0.15, 0.2) is 30.9 Å². The molecule has 1 aliphatic carbocycles. The fraction of sp³-hybridized carbons (Fsp3) is 0.542. The average molecular weight is 454 g/mol. The van der Waals surface area contributed by atoms with E-state index in [2.05, 4.69) is 32.7 Å². The molecule has 33 heavy (non-hydrogen) atoms. The molecule has 0 aromatic carbocycles. The first-order valence-electron chi connectivity index (χ1n) is 11.7. The molecule has 2 aliphatic rings. The van der Waals surface area contributed by atoms with E-state index in [0.717, 1.165) is 55.7 Å². The maximum atomic E-state index is 12.8. The Morgan fingerprint density at radius 1 is 1.18 bits per heavy atom. The number of carboxylic acid groups (broad SMARTS) is 1. The summed E-state index contributed by atoms with van der Waals surface area (Å²) in [5.74, 6) is -0.319. The second-order valence-corrected chi connectivity index (χ2v) is 8.77. The number of carboxylic acids is 1. The predicted molar refractivity (Wildman–Crippen MR) is 122 cm³/mol. The summed E-state index contributed by atoms with van der Waals surface area (Å²) in [4.78, 5) is 37.0. The Morgan fingerprint density at radius 2 is 2.00 bits per heavy atom. The number of fused-ring (bicyclic) bond motifs is 1. The molecular formula is C24H31N5O4. The monoisotopic (exact) mass is 453 g/mol. The topological polar surface area (TPSA) is 126 Å². The Labute approximate surface area is 193 Å². The van der Waals surface area contributed by atoms with Crippen LogP contribution in [0.2, 0.25) is 0 Å². The summed E-state index contributed by atoms with van der Waals surface area (Å²) < 4.78 is 5.64. The minimum Gasteiger partial charge on any atom is -0.480 e. The summed E-state index contributed by atoms with van der Waals surface area (Å²) in [7, 11) is 0. The number of rotatable bonds is 12. The number of hydrogen-bond acceptors (Lipinski definition) is 7. The van der Waals surface area contributed by atoms with Crippen LogP contribution in [-0.2, 0) is 32.6 Å².